The lowest BCUT2D eigenvalue weighted by Crippen LogP contribution is -2.26. The van der Waals surface area contributed by atoms with Crippen molar-refractivity contribution in [2.75, 3.05) is 7.11 Å². The summed E-state index contributed by atoms with van der Waals surface area (Å²) in [6, 6.07) is 6.55. The molecule has 0 spiro atoms. The van der Waals surface area contributed by atoms with Gasteiger partial charge < -0.3 is 18.9 Å². The third-order valence-electron chi connectivity index (χ3n) is 6.05. The van der Waals surface area contributed by atoms with Gasteiger partial charge in [-0.2, -0.15) is 0 Å². The Morgan fingerprint density at radius 3 is 2.58 bits per heavy atom. The second-order valence-corrected chi connectivity index (χ2v) is 8.50. The molecule has 0 amide bonds. The Morgan fingerprint density at radius 2 is 1.87 bits per heavy atom. The van der Waals surface area contributed by atoms with E-state index in [0.717, 1.165) is 11.1 Å². The number of carbonyl (C=O) groups is 3. The maximum absolute atomic E-state index is 13.5. The molecule has 2 unspecified atom stereocenters. The Kier molecular flexibility index (Phi) is 4.32. The molecule has 2 atom stereocenters. The van der Waals surface area contributed by atoms with Gasteiger partial charge in [-0.1, -0.05) is 0 Å². The molecule has 1 fully saturated rings. The number of rotatable bonds is 3. The summed E-state index contributed by atoms with van der Waals surface area (Å²) in [5, 5.41) is 0. The minimum atomic E-state index is -0.759. The Hall–Kier alpha value is -3.03. The molecule has 3 aliphatic rings. The molecular formula is C24H22O7. The molecule has 0 N–H and O–H groups in total. The van der Waals surface area contributed by atoms with Crippen molar-refractivity contribution < 1.29 is 33.3 Å². The number of ether oxygens (including phenoxy) is 4. The zero-order chi connectivity index (χ0) is 22.1. The van der Waals surface area contributed by atoms with Crippen molar-refractivity contribution in [3.05, 3.63) is 63.2 Å². The monoisotopic (exact) mass is 422 g/mol. The Labute approximate surface area is 179 Å². The van der Waals surface area contributed by atoms with Gasteiger partial charge in [-0.25, -0.2) is 0 Å². The van der Waals surface area contributed by atoms with Crippen molar-refractivity contribution in [2.24, 2.45) is 0 Å². The summed E-state index contributed by atoms with van der Waals surface area (Å²) >= 11 is 0. The number of benzene rings is 2. The molecule has 7 heteroatoms. The van der Waals surface area contributed by atoms with Gasteiger partial charge >= 0.3 is 5.97 Å². The summed E-state index contributed by atoms with van der Waals surface area (Å²) in [5.41, 5.74) is 3.55. The second kappa shape index (κ2) is 6.73. The molecule has 1 saturated heterocycles. The van der Waals surface area contributed by atoms with E-state index >= 15 is 0 Å². The first kappa shape index (κ1) is 19.9. The van der Waals surface area contributed by atoms with E-state index in [-0.39, 0.29) is 30.4 Å². The Bertz CT molecular complexity index is 1160. The lowest BCUT2D eigenvalue weighted by molar-refractivity contribution is -0.149. The highest BCUT2D eigenvalue weighted by Crippen LogP contribution is 2.50. The molecule has 5 rings (SSSR count). The van der Waals surface area contributed by atoms with Gasteiger partial charge in [-0.3, -0.25) is 14.4 Å². The molecule has 0 radical (unpaired) electrons. The fraction of sp³-hybridized carbons (Fsp3) is 0.375. The number of hydrogen-bond acceptors (Lipinski definition) is 7. The molecule has 160 valence electrons. The molecule has 31 heavy (non-hydrogen) atoms. The minimum absolute atomic E-state index is 0.00953. The lowest BCUT2D eigenvalue weighted by atomic mass is 9.79. The molecule has 2 aromatic rings. The topological polar surface area (TPSA) is 88.1 Å². The van der Waals surface area contributed by atoms with Gasteiger partial charge in [-0.05, 0) is 54.8 Å². The van der Waals surface area contributed by atoms with Crippen LogP contribution in [0.2, 0.25) is 0 Å². The summed E-state index contributed by atoms with van der Waals surface area (Å²) in [4.78, 5) is 38.3. The van der Waals surface area contributed by atoms with E-state index < -0.39 is 11.8 Å². The third kappa shape index (κ3) is 2.99. The number of hydrogen-bond donors (Lipinski definition) is 0. The van der Waals surface area contributed by atoms with Gasteiger partial charge in [0.1, 0.15) is 18.5 Å². The van der Waals surface area contributed by atoms with E-state index in [1.165, 1.54) is 14.0 Å². The van der Waals surface area contributed by atoms with Gasteiger partial charge in [0.05, 0.1) is 13.2 Å². The van der Waals surface area contributed by atoms with Crippen LogP contribution in [-0.2, 0) is 32.0 Å². The van der Waals surface area contributed by atoms with Crippen molar-refractivity contribution in [2.45, 2.75) is 51.8 Å². The van der Waals surface area contributed by atoms with Crippen LogP contribution >= 0.6 is 0 Å². The predicted octanol–water partition coefficient (Wildman–Crippen LogP) is 3.28. The van der Waals surface area contributed by atoms with E-state index in [9.17, 15) is 14.4 Å². The number of carbonyl (C=O) groups excluding carboxylic acids is 3. The van der Waals surface area contributed by atoms with E-state index in [1.54, 1.807) is 24.3 Å². The van der Waals surface area contributed by atoms with Crippen LogP contribution in [0.15, 0.2) is 24.3 Å². The number of methoxy groups -OCH3 is 1. The fourth-order valence-electron chi connectivity index (χ4n) is 4.87. The highest BCUT2D eigenvalue weighted by molar-refractivity contribution is 6.29. The maximum Gasteiger partial charge on any atom is 0.302 e. The fourth-order valence-corrected chi connectivity index (χ4v) is 4.87. The van der Waals surface area contributed by atoms with Crippen LogP contribution in [0, 0.1) is 0 Å². The van der Waals surface area contributed by atoms with Crippen LogP contribution in [0.1, 0.15) is 75.4 Å². The highest BCUT2D eigenvalue weighted by Gasteiger charge is 2.50. The van der Waals surface area contributed by atoms with Crippen molar-refractivity contribution in [1.29, 1.82) is 0 Å². The molecule has 1 aliphatic heterocycles. The first-order valence-corrected chi connectivity index (χ1v) is 10.1. The van der Waals surface area contributed by atoms with Gasteiger partial charge in [-0.15, -0.1) is 0 Å². The van der Waals surface area contributed by atoms with E-state index in [1.807, 2.05) is 13.8 Å². The first-order chi connectivity index (χ1) is 14.7. The van der Waals surface area contributed by atoms with Crippen LogP contribution in [0.3, 0.4) is 0 Å². The van der Waals surface area contributed by atoms with Crippen LogP contribution in [0.5, 0.6) is 5.75 Å². The molecule has 0 aromatic heterocycles. The number of ketones is 2. The lowest BCUT2D eigenvalue weighted by Gasteiger charge is -2.25. The van der Waals surface area contributed by atoms with Crippen LogP contribution in [0.25, 0.3) is 0 Å². The molecule has 2 aromatic carbocycles. The normalized spacial score (nSPS) is 22.5. The summed E-state index contributed by atoms with van der Waals surface area (Å²) < 4.78 is 22.7. The summed E-state index contributed by atoms with van der Waals surface area (Å²) in [6.07, 6.45) is -0.210. The quantitative estimate of drug-likeness (QED) is 0.599. The molecule has 7 nitrogen and oxygen atoms in total. The largest absolute Gasteiger partial charge is 0.497 e. The van der Waals surface area contributed by atoms with Gasteiger partial charge in [0.2, 0.25) is 0 Å². The number of esters is 1. The Balaban J connectivity index is 1.70. The average molecular weight is 422 g/mol. The second-order valence-electron chi connectivity index (χ2n) is 8.50. The van der Waals surface area contributed by atoms with E-state index in [4.69, 9.17) is 18.9 Å². The molecule has 1 heterocycles. The van der Waals surface area contributed by atoms with Crippen molar-refractivity contribution in [3.8, 4) is 5.75 Å². The zero-order valence-corrected chi connectivity index (χ0v) is 17.7. The van der Waals surface area contributed by atoms with Gasteiger partial charge in [0, 0.05) is 35.6 Å². The molecule has 0 saturated carbocycles. The van der Waals surface area contributed by atoms with Crippen molar-refractivity contribution in [3.63, 3.8) is 0 Å². The molecular weight excluding hydrogens is 400 g/mol. The molecule has 0 bridgehead atoms. The van der Waals surface area contributed by atoms with Crippen LogP contribution in [-0.4, -0.2) is 36.5 Å². The highest BCUT2D eigenvalue weighted by atomic mass is 16.8. The smallest absolute Gasteiger partial charge is 0.302 e. The summed E-state index contributed by atoms with van der Waals surface area (Å²) in [5.74, 6) is -1.15. The third-order valence-corrected chi connectivity index (χ3v) is 6.05. The van der Waals surface area contributed by atoms with Crippen LogP contribution in [0.4, 0.5) is 0 Å². The minimum Gasteiger partial charge on any atom is -0.497 e. The standard InChI is InChI=1S/C24H22O7/c1-11(25)29-10-12-7-17-20(16-9-18-23(19(12)16)31-24(2,3)30-18)22(27)14-6-5-13(28-4)8-15(14)21(17)26/h5-8,18,23H,9-10H2,1-4H3. The Morgan fingerprint density at radius 1 is 1.10 bits per heavy atom. The average Bonchev–Trinajstić information content (AvgIpc) is 3.21. The van der Waals surface area contributed by atoms with E-state index in [0.29, 0.717) is 40.0 Å². The predicted molar refractivity (Wildman–Crippen MR) is 108 cm³/mol. The number of fused-ring (bicyclic) bond motifs is 6. The van der Waals surface area contributed by atoms with Gasteiger partial charge in [0.25, 0.3) is 0 Å². The van der Waals surface area contributed by atoms with Gasteiger partial charge in [0.15, 0.2) is 17.4 Å². The van der Waals surface area contributed by atoms with Crippen LogP contribution < -0.4 is 4.74 Å². The maximum atomic E-state index is 13.5. The first-order valence-electron chi connectivity index (χ1n) is 10.1. The van der Waals surface area contributed by atoms with Crippen molar-refractivity contribution in [1.82, 2.24) is 0 Å². The van der Waals surface area contributed by atoms with Crippen molar-refractivity contribution >= 4 is 17.5 Å². The molecule has 2 aliphatic carbocycles. The zero-order valence-electron chi connectivity index (χ0n) is 17.7. The summed E-state index contributed by atoms with van der Waals surface area (Å²) in [7, 11) is 1.51. The SMILES string of the molecule is COc1ccc2c(c1)C(=O)c1cc(COC(C)=O)c3c(c1C2=O)CC1OC(C)(C)OC31. The van der Waals surface area contributed by atoms with E-state index in [2.05, 4.69) is 0 Å². The summed E-state index contributed by atoms with van der Waals surface area (Å²) in [6.45, 7) is 5.00.